The largest absolute Gasteiger partial charge is 0.507 e. The average molecular weight is 241 g/mol. The molecule has 0 saturated heterocycles. The van der Waals surface area contributed by atoms with Crippen LogP contribution in [0.5, 0.6) is 5.75 Å². The lowest BCUT2D eigenvalue weighted by Crippen LogP contribution is -2.09. The van der Waals surface area contributed by atoms with Gasteiger partial charge in [-0.25, -0.2) is 0 Å². The summed E-state index contributed by atoms with van der Waals surface area (Å²) in [5, 5.41) is 9.81. The number of hydrogen-bond acceptors (Lipinski definition) is 3. The lowest BCUT2D eigenvalue weighted by atomic mass is 10.1. The van der Waals surface area contributed by atoms with E-state index in [0.29, 0.717) is 5.56 Å². The second-order valence-corrected chi connectivity index (χ2v) is 4.15. The van der Waals surface area contributed by atoms with E-state index >= 15 is 0 Å². The molecule has 0 atom stereocenters. The van der Waals surface area contributed by atoms with E-state index < -0.39 is 0 Å². The first kappa shape index (κ1) is 12.2. The van der Waals surface area contributed by atoms with Gasteiger partial charge in [0.05, 0.1) is 5.56 Å². The smallest absolute Gasteiger partial charge is 0.163 e. The Morgan fingerprint density at radius 3 is 2.28 bits per heavy atom. The molecule has 0 aliphatic rings. The Labute approximate surface area is 106 Å². The fourth-order valence-electron chi connectivity index (χ4n) is 1.83. The van der Waals surface area contributed by atoms with Gasteiger partial charge in [-0.1, -0.05) is 18.2 Å². The second-order valence-electron chi connectivity index (χ2n) is 4.15. The van der Waals surface area contributed by atoms with Crippen molar-refractivity contribution in [3.8, 4) is 5.75 Å². The highest BCUT2D eigenvalue weighted by atomic mass is 16.3. The highest BCUT2D eigenvalue weighted by Gasteiger charge is 2.09. The maximum absolute atomic E-state index is 11.2. The van der Waals surface area contributed by atoms with Crippen LogP contribution < -0.4 is 4.90 Å². The standard InChI is InChI=1S/C15H15NO2/c1-11(17)14-9-8-13(10-15(14)18)16(2)12-6-4-3-5-7-12/h3-10,18H,1-2H3. The molecule has 3 heteroatoms. The molecule has 92 valence electrons. The van der Waals surface area contributed by atoms with Gasteiger partial charge in [-0.3, -0.25) is 4.79 Å². The first-order valence-corrected chi connectivity index (χ1v) is 5.72. The van der Waals surface area contributed by atoms with Crippen molar-refractivity contribution in [3.63, 3.8) is 0 Å². The Bertz CT molecular complexity index is 564. The number of Topliss-reactive ketones (excluding diaryl/α,β-unsaturated/α-hetero) is 1. The summed E-state index contributed by atoms with van der Waals surface area (Å²) in [6.45, 7) is 1.44. The summed E-state index contributed by atoms with van der Waals surface area (Å²) < 4.78 is 0. The monoisotopic (exact) mass is 241 g/mol. The van der Waals surface area contributed by atoms with Gasteiger partial charge in [0.1, 0.15) is 5.75 Å². The molecule has 0 aliphatic carbocycles. The van der Waals surface area contributed by atoms with Crippen LogP contribution in [0, 0.1) is 0 Å². The van der Waals surface area contributed by atoms with E-state index in [1.807, 2.05) is 48.3 Å². The zero-order chi connectivity index (χ0) is 13.1. The van der Waals surface area contributed by atoms with Crippen LogP contribution in [0.25, 0.3) is 0 Å². The van der Waals surface area contributed by atoms with Crippen molar-refractivity contribution in [3.05, 3.63) is 54.1 Å². The Kier molecular flexibility index (Phi) is 3.33. The van der Waals surface area contributed by atoms with Crippen LogP contribution in [0.3, 0.4) is 0 Å². The van der Waals surface area contributed by atoms with Gasteiger partial charge in [-0.15, -0.1) is 0 Å². The van der Waals surface area contributed by atoms with E-state index in [4.69, 9.17) is 0 Å². The van der Waals surface area contributed by atoms with Crippen molar-refractivity contribution >= 4 is 17.2 Å². The SMILES string of the molecule is CC(=O)c1ccc(N(C)c2ccccc2)cc1O. The van der Waals surface area contributed by atoms with E-state index in [1.54, 1.807) is 12.1 Å². The molecule has 1 N–H and O–H groups in total. The second kappa shape index (κ2) is 4.92. The van der Waals surface area contributed by atoms with Crippen LogP contribution in [0.2, 0.25) is 0 Å². The maximum atomic E-state index is 11.2. The van der Waals surface area contributed by atoms with Crippen molar-refractivity contribution in [1.29, 1.82) is 0 Å². The van der Waals surface area contributed by atoms with E-state index in [1.165, 1.54) is 6.92 Å². The molecular formula is C15H15NO2. The molecule has 0 spiro atoms. The van der Waals surface area contributed by atoms with Crippen molar-refractivity contribution in [2.75, 3.05) is 11.9 Å². The third kappa shape index (κ3) is 2.35. The minimum Gasteiger partial charge on any atom is -0.507 e. The number of phenolic OH excluding ortho intramolecular Hbond substituents is 1. The van der Waals surface area contributed by atoms with Crippen LogP contribution in [0.4, 0.5) is 11.4 Å². The topological polar surface area (TPSA) is 40.5 Å². The lowest BCUT2D eigenvalue weighted by Gasteiger charge is -2.20. The van der Waals surface area contributed by atoms with E-state index in [0.717, 1.165) is 11.4 Å². The van der Waals surface area contributed by atoms with Crippen LogP contribution in [0.1, 0.15) is 17.3 Å². The molecule has 18 heavy (non-hydrogen) atoms. The number of nitrogens with zero attached hydrogens (tertiary/aromatic N) is 1. The minimum atomic E-state index is -0.138. The Hall–Kier alpha value is -2.29. The minimum absolute atomic E-state index is 0.0165. The molecule has 0 fully saturated rings. The molecule has 0 radical (unpaired) electrons. The van der Waals surface area contributed by atoms with Crippen LogP contribution >= 0.6 is 0 Å². The number of hydrogen-bond donors (Lipinski definition) is 1. The number of ketones is 1. The molecule has 0 amide bonds. The van der Waals surface area contributed by atoms with Gasteiger partial charge in [0, 0.05) is 24.5 Å². The summed E-state index contributed by atoms with van der Waals surface area (Å²) in [6, 6.07) is 14.9. The molecule has 0 saturated carbocycles. The molecule has 0 aromatic heterocycles. The number of carbonyl (C=O) groups excluding carboxylic acids is 1. The average Bonchev–Trinajstić information content (AvgIpc) is 2.38. The molecule has 2 rings (SSSR count). The van der Waals surface area contributed by atoms with Crippen LogP contribution in [0.15, 0.2) is 48.5 Å². The fraction of sp³-hybridized carbons (Fsp3) is 0.133. The normalized spacial score (nSPS) is 10.1. The van der Waals surface area contributed by atoms with Crippen molar-refractivity contribution in [2.24, 2.45) is 0 Å². The van der Waals surface area contributed by atoms with Gasteiger partial charge in [0.25, 0.3) is 0 Å². The first-order chi connectivity index (χ1) is 8.59. The van der Waals surface area contributed by atoms with E-state index in [-0.39, 0.29) is 11.5 Å². The van der Waals surface area contributed by atoms with Crippen LogP contribution in [-0.2, 0) is 0 Å². The summed E-state index contributed by atoms with van der Waals surface area (Å²) in [7, 11) is 1.91. The van der Waals surface area contributed by atoms with Gasteiger partial charge in [0.15, 0.2) is 5.78 Å². The Balaban J connectivity index is 2.35. The summed E-state index contributed by atoms with van der Waals surface area (Å²) >= 11 is 0. The number of carbonyl (C=O) groups is 1. The van der Waals surface area contributed by atoms with Gasteiger partial charge in [-0.05, 0) is 31.2 Å². The summed E-state index contributed by atoms with van der Waals surface area (Å²) in [5.41, 5.74) is 2.20. The third-order valence-electron chi connectivity index (χ3n) is 2.89. The van der Waals surface area contributed by atoms with E-state index in [2.05, 4.69) is 0 Å². The molecule has 3 nitrogen and oxygen atoms in total. The molecule has 0 heterocycles. The van der Waals surface area contributed by atoms with Gasteiger partial charge >= 0.3 is 0 Å². The van der Waals surface area contributed by atoms with Crippen molar-refractivity contribution in [2.45, 2.75) is 6.92 Å². The number of benzene rings is 2. The summed E-state index contributed by atoms with van der Waals surface area (Å²) in [5.74, 6) is -0.121. The predicted octanol–water partition coefficient (Wildman–Crippen LogP) is 3.36. The fourth-order valence-corrected chi connectivity index (χ4v) is 1.83. The van der Waals surface area contributed by atoms with Crippen molar-refractivity contribution in [1.82, 2.24) is 0 Å². The number of aromatic hydroxyl groups is 1. The zero-order valence-corrected chi connectivity index (χ0v) is 10.4. The molecule has 2 aromatic carbocycles. The van der Waals surface area contributed by atoms with E-state index in [9.17, 15) is 9.90 Å². The Morgan fingerprint density at radius 2 is 1.72 bits per heavy atom. The predicted molar refractivity (Wildman–Crippen MR) is 72.6 cm³/mol. The van der Waals surface area contributed by atoms with Gasteiger partial charge in [-0.2, -0.15) is 0 Å². The number of phenols is 1. The van der Waals surface area contributed by atoms with Crippen molar-refractivity contribution < 1.29 is 9.90 Å². The van der Waals surface area contributed by atoms with Gasteiger partial charge in [0.2, 0.25) is 0 Å². The molecule has 0 aliphatic heterocycles. The number of anilines is 2. The number of para-hydroxylation sites is 1. The van der Waals surface area contributed by atoms with Crippen LogP contribution in [-0.4, -0.2) is 17.9 Å². The van der Waals surface area contributed by atoms with Gasteiger partial charge < -0.3 is 10.0 Å². The maximum Gasteiger partial charge on any atom is 0.163 e. The summed E-state index contributed by atoms with van der Waals surface area (Å²) in [6.07, 6.45) is 0. The zero-order valence-electron chi connectivity index (χ0n) is 10.4. The number of rotatable bonds is 3. The quantitative estimate of drug-likeness (QED) is 0.838. The summed E-state index contributed by atoms with van der Waals surface area (Å²) in [4.78, 5) is 13.2. The Morgan fingerprint density at radius 1 is 1.06 bits per heavy atom. The molecular weight excluding hydrogens is 226 g/mol. The first-order valence-electron chi connectivity index (χ1n) is 5.72. The highest BCUT2D eigenvalue weighted by Crippen LogP contribution is 2.28. The highest BCUT2D eigenvalue weighted by molar-refractivity contribution is 5.97. The third-order valence-corrected chi connectivity index (χ3v) is 2.89. The molecule has 0 unspecified atom stereocenters. The molecule has 0 bridgehead atoms. The molecule has 2 aromatic rings. The lowest BCUT2D eigenvalue weighted by molar-refractivity contribution is 0.101.